The maximum Gasteiger partial charge on any atom is 0.239 e. The van der Waals surface area contributed by atoms with Crippen LogP contribution in [-0.2, 0) is 16.4 Å². The number of nitrogen functional groups attached to an aromatic ring is 1. The van der Waals surface area contributed by atoms with E-state index in [9.17, 15) is 8.42 Å². The van der Waals surface area contributed by atoms with Gasteiger partial charge in [0, 0.05) is 12.1 Å². The Balaban J connectivity index is 1.76. The molecule has 2 aromatic carbocycles. The van der Waals surface area contributed by atoms with E-state index in [2.05, 4.69) is 17.4 Å². The van der Waals surface area contributed by atoms with Gasteiger partial charge in [0.2, 0.25) is 10.0 Å². The van der Waals surface area contributed by atoms with Gasteiger partial charge >= 0.3 is 0 Å². The molecule has 6 nitrogen and oxygen atoms in total. The molecule has 7 heteroatoms. The Kier molecular flexibility index (Phi) is 6.46. The van der Waals surface area contributed by atoms with Crippen LogP contribution in [-0.4, -0.2) is 27.3 Å². The average Bonchev–Trinajstić information content (AvgIpc) is 3.28. The highest BCUT2D eigenvalue weighted by molar-refractivity contribution is 7.89. The van der Waals surface area contributed by atoms with Gasteiger partial charge in [-0.3, -0.25) is 5.41 Å². The predicted octanol–water partition coefficient (Wildman–Crippen LogP) is 3.48. The molecular weight excluding hydrogens is 408 g/mol. The topological polar surface area (TPSA) is 122 Å². The van der Waals surface area contributed by atoms with Gasteiger partial charge in [-0.25, -0.2) is 13.6 Å². The summed E-state index contributed by atoms with van der Waals surface area (Å²) < 4.78 is 25.3. The summed E-state index contributed by atoms with van der Waals surface area (Å²) in [5.41, 5.74) is 9.58. The van der Waals surface area contributed by atoms with Gasteiger partial charge in [-0.15, -0.1) is 0 Å². The molecule has 1 atom stereocenters. The molecule has 31 heavy (non-hydrogen) atoms. The van der Waals surface area contributed by atoms with Crippen LogP contribution in [0.1, 0.15) is 61.1 Å². The standard InChI is InChI=1S/C24H32N4O2S/c25-24(26)22-21(18-8-6-17(7-9-18)20-12-13-28-15-20)11-10-19(23(22)31(27,29)30)14-16-4-2-1-3-5-16/h6-11,16,20,28H,1-5,12-15H2,(H3,25,26)(H2,27,29,30). The van der Waals surface area contributed by atoms with Crippen molar-refractivity contribution in [2.24, 2.45) is 16.8 Å². The molecule has 1 heterocycles. The van der Waals surface area contributed by atoms with Crippen molar-refractivity contribution in [1.29, 1.82) is 5.41 Å². The summed E-state index contributed by atoms with van der Waals surface area (Å²) >= 11 is 0. The lowest BCUT2D eigenvalue weighted by Crippen LogP contribution is -2.24. The summed E-state index contributed by atoms with van der Waals surface area (Å²) in [5, 5.41) is 17.2. The Morgan fingerprint density at radius 3 is 2.32 bits per heavy atom. The fourth-order valence-electron chi connectivity index (χ4n) is 5.20. The number of hydrogen-bond acceptors (Lipinski definition) is 4. The van der Waals surface area contributed by atoms with Gasteiger partial charge < -0.3 is 11.1 Å². The number of hydrogen-bond donors (Lipinski definition) is 4. The van der Waals surface area contributed by atoms with Gasteiger partial charge in [-0.1, -0.05) is 68.5 Å². The molecule has 2 fully saturated rings. The van der Waals surface area contributed by atoms with Crippen LogP contribution in [0.2, 0.25) is 0 Å². The van der Waals surface area contributed by atoms with E-state index in [1.54, 1.807) is 0 Å². The van der Waals surface area contributed by atoms with Crippen molar-refractivity contribution in [2.75, 3.05) is 13.1 Å². The van der Waals surface area contributed by atoms with Crippen molar-refractivity contribution >= 4 is 15.9 Å². The van der Waals surface area contributed by atoms with E-state index >= 15 is 0 Å². The fourth-order valence-corrected chi connectivity index (χ4v) is 6.22. The van der Waals surface area contributed by atoms with E-state index in [0.29, 0.717) is 29.4 Å². The number of rotatable bonds is 6. The maximum absolute atomic E-state index is 12.7. The summed E-state index contributed by atoms with van der Waals surface area (Å²) in [6.45, 7) is 2.00. The number of benzene rings is 2. The number of nitrogens with one attached hydrogen (secondary N) is 2. The third-order valence-electron chi connectivity index (χ3n) is 6.78. The normalized spacial score (nSPS) is 20.1. The van der Waals surface area contributed by atoms with Gasteiger partial charge in [-0.2, -0.15) is 0 Å². The first kappa shape index (κ1) is 22.0. The molecule has 2 aliphatic rings. The molecule has 0 aromatic heterocycles. The molecule has 1 aliphatic carbocycles. The van der Waals surface area contributed by atoms with Crippen LogP contribution in [0.4, 0.5) is 0 Å². The highest BCUT2D eigenvalue weighted by Crippen LogP contribution is 2.35. The van der Waals surface area contributed by atoms with Crippen LogP contribution < -0.4 is 16.2 Å². The van der Waals surface area contributed by atoms with Crippen LogP contribution in [0.25, 0.3) is 11.1 Å². The number of amidine groups is 1. The summed E-state index contributed by atoms with van der Waals surface area (Å²) in [5.74, 6) is 0.673. The van der Waals surface area contributed by atoms with Gasteiger partial charge in [0.1, 0.15) is 5.84 Å². The highest BCUT2D eigenvalue weighted by Gasteiger charge is 2.27. The van der Waals surface area contributed by atoms with E-state index in [-0.39, 0.29) is 16.3 Å². The second-order valence-corrected chi connectivity index (χ2v) is 10.5. The van der Waals surface area contributed by atoms with Crippen LogP contribution >= 0.6 is 0 Å². The van der Waals surface area contributed by atoms with E-state index in [0.717, 1.165) is 37.9 Å². The van der Waals surface area contributed by atoms with Crippen LogP contribution in [0.3, 0.4) is 0 Å². The third-order valence-corrected chi connectivity index (χ3v) is 7.82. The summed E-state index contributed by atoms with van der Waals surface area (Å²) in [6.07, 6.45) is 7.55. The highest BCUT2D eigenvalue weighted by atomic mass is 32.2. The van der Waals surface area contributed by atoms with Crippen molar-refractivity contribution in [2.45, 2.75) is 55.8 Å². The van der Waals surface area contributed by atoms with Gasteiger partial charge in [-0.05, 0) is 53.5 Å². The van der Waals surface area contributed by atoms with Crippen LogP contribution in [0, 0.1) is 11.3 Å². The van der Waals surface area contributed by atoms with E-state index in [1.165, 1.54) is 24.8 Å². The average molecular weight is 441 g/mol. The second kappa shape index (κ2) is 9.10. The van der Waals surface area contributed by atoms with Crippen molar-refractivity contribution in [3.63, 3.8) is 0 Å². The summed E-state index contributed by atoms with van der Waals surface area (Å²) in [6, 6.07) is 11.9. The molecule has 0 amide bonds. The first-order valence-electron chi connectivity index (χ1n) is 11.2. The molecule has 6 N–H and O–H groups in total. The maximum atomic E-state index is 12.7. The molecule has 1 saturated heterocycles. The minimum Gasteiger partial charge on any atom is -0.384 e. The zero-order valence-corrected chi connectivity index (χ0v) is 18.7. The lowest BCUT2D eigenvalue weighted by molar-refractivity contribution is 0.355. The SMILES string of the molecule is N=C(N)c1c(-c2ccc(C3CCNC3)cc2)ccc(CC2CCCCC2)c1S(N)(=O)=O. The lowest BCUT2D eigenvalue weighted by Gasteiger charge is -2.24. The molecule has 2 aromatic rings. The minimum absolute atomic E-state index is 0.0205. The Morgan fingerprint density at radius 1 is 1.03 bits per heavy atom. The van der Waals surface area contributed by atoms with Gasteiger partial charge in [0.05, 0.1) is 4.90 Å². The molecule has 0 radical (unpaired) electrons. The molecular formula is C24H32N4O2S. The molecule has 166 valence electrons. The third kappa shape index (κ3) is 4.84. The Bertz CT molecular complexity index is 1050. The van der Waals surface area contributed by atoms with E-state index in [4.69, 9.17) is 16.3 Å². The van der Waals surface area contributed by atoms with Crippen molar-refractivity contribution in [3.8, 4) is 11.1 Å². The molecule has 0 bridgehead atoms. The largest absolute Gasteiger partial charge is 0.384 e. The molecule has 4 rings (SSSR count). The summed E-state index contributed by atoms with van der Waals surface area (Å²) in [4.78, 5) is 0.0205. The quantitative estimate of drug-likeness (QED) is 0.406. The zero-order valence-electron chi connectivity index (χ0n) is 17.9. The Hall–Kier alpha value is -2.22. The molecule has 1 saturated carbocycles. The van der Waals surface area contributed by atoms with Gasteiger partial charge in [0.15, 0.2) is 0 Å². The van der Waals surface area contributed by atoms with Gasteiger partial charge in [0.25, 0.3) is 0 Å². The number of primary sulfonamides is 1. The van der Waals surface area contributed by atoms with E-state index in [1.807, 2.05) is 24.3 Å². The minimum atomic E-state index is -4.04. The molecule has 1 aliphatic heterocycles. The Morgan fingerprint density at radius 2 is 1.74 bits per heavy atom. The molecule has 1 unspecified atom stereocenters. The smallest absolute Gasteiger partial charge is 0.239 e. The predicted molar refractivity (Wildman–Crippen MR) is 125 cm³/mol. The summed E-state index contributed by atoms with van der Waals surface area (Å²) in [7, 11) is -4.04. The Labute approximate surface area is 185 Å². The first-order chi connectivity index (χ1) is 14.8. The molecule has 0 spiro atoms. The van der Waals surface area contributed by atoms with Crippen LogP contribution in [0.15, 0.2) is 41.3 Å². The van der Waals surface area contributed by atoms with Crippen LogP contribution in [0.5, 0.6) is 0 Å². The van der Waals surface area contributed by atoms with Crippen molar-refractivity contribution in [1.82, 2.24) is 5.32 Å². The lowest BCUT2D eigenvalue weighted by atomic mass is 9.84. The van der Waals surface area contributed by atoms with Crippen molar-refractivity contribution in [3.05, 3.63) is 53.1 Å². The zero-order chi connectivity index (χ0) is 22.0. The fraction of sp³-hybridized carbons (Fsp3) is 0.458. The first-order valence-corrected chi connectivity index (χ1v) is 12.7. The monoisotopic (exact) mass is 440 g/mol. The second-order valence-electron chi connectivity index (χ2n) is 8.95. The van der Waals surface area contributed by atoms with Crippen molar-refractivity contribution < 1.29 is 8.42 Å². The van der Waals surface area contributed by atoms with E-state index < -0.39 is 10.0 Å². The number of sulfonamides is 1. The number of nitrogens with two attached hydrogens (primary N) is 2.